The van der Waals surface area contributed by atoms with Crippen LogP contribution in [0.25, 0.3) is 0 Å². The zero-order valence-corrected chi connectivity index (χ0v) is 11.5. The summed E-state index contributed by atoms with van der Waals surface area (Å²) in [4.78, 5) is 17.3. The number of rotatable bonds is 4. The van der Waals surface area contributed by atoms with Crippen molar-refractivity contribution in [3.05, 3.63) is 59.9 Å². The molecule has 7 nitrogen and oxygen atoms in total. The molecule has 0 aliphatic heterocycles. The molecule has 8 heteroatoms. The van der Waals surface area contributed by atoms with E-state index in [1.54, 1.807) is 12.1 Å². The summed E-state index contributed by atoms with van der Waals surface area (Å²) in [5, 5.41) is 8.75. The number of sulfonamides is 1. The third kappa shape index (κ3) is 3.62. The SMILES string of the molecule is N#Cc1cccc(S(=O)(=O)NNC(=O)c2ccccn2)c1. The first-order valence-corrected chi connectivity index (χ1v) is 7.24. The minimum Gasteiger partial charge on any atom is -0.272 e. The van der Waals surface area contributed by atoms with Crippen LogP contribution in [0.1, 0.15) is 16.1 Å². The van der Waals surface area contributed by atoms with Crippen molar-refractivity contribution in [3.63, 3.8) is 0 Å². The van der Waals surface area contributed by atoms with Crippen molar-refractivity contribution in [1.29, 1.82) is 5.26 Å². The zero-order valence-electron chi connectivity index (χ0n) is 10.6. The van der Waals surface area contributed by atoms with Crippen molar-refractivity contribution < 1.29 is 13.2 Å². The fourth-order valence-corrected chi connectivity index (χ4v) is 2.35. The third-order valence-corrected chi connectivity index (χ3v) is 3.72. The molecule has 0 aliphatic carbocycles. The zero-order chi connectivity index (χ0) is 15.3. The summed E-state index contributed by atoms with van der Waals surface area (Å²) in [6, 6.07) is 12.0. The van der Waals surface area contributed by atoms with Gasteiger partial charge in [0.05, 0.1) is 16.5 Å². The molecule has 1 aromatic carbocycles. The number of aromatic nitrogens is 1. The summed E-state index contributed by atoms with van der Waals surface area (Å²) in [5.74, 6) is -0.685. The van der Waals surface area contributed by atoms with E-state index in [1.165, 1.54) is 36.5 Å². The number of nitriles is 1. The van der Waals surface area contributed by atoms with Crippen molar-refractivity contribution in [2.45, 2.75) is 4.90 Å². The largest absolute Gasteiger partial charge is 0.284 e. The van der Waals surface area contributed by atoms with E-state index in [0.717, 1.165) is 0 Å². The molecule has 0 fully saturated rings. The lowest BCUT2D eigenvalue weighted by molar-refractivity contribution is 0.0940. The van der Waals surface area contributed by atoms with Gasteiger partial charge in [-0.3, -0.25) is 15.2 Å². The second-order valence-corrected chi connectivity index (χ2v) is 5.60. The van der Waals surface area contributed by atoms with E-state index >= 15 is 0 Å². The predicted molar refractivity (Wildman–Crippen MR) is 73.2 cm³/mol. The second kappa shape index (κ2) is 6.13. The second-order valence-electron chi connectivity index (χ2n) is 3.91. The highest BCUT2D eigenvalue weighted by molar-refractivity contribution is 7.89. The maximum absolute atomic E-state index is 12.0. The summed E-state index contributed by atoms with van der Waals surface area (Å²) in [5.41, 5.74) is 2.33. The number of carbonyl (C=O) groups excluding carboxylic acids is 1. The Balaban J connectivity index is 2.12. The van der Waals surface area contributed by atoms with Gasteiger partial charge in [0.25, 0.3) is 15.9 Å². The molecule has 21 heavy (non-hydrogen) atoms. The van der Waals surface area contributed by atoms with Gasteiger partial charge in [-0.1, -0.05) is 12.1 Å². The Bertz CT molecular complexity index is 798. The summed E-state index contributed by atoms with van der Waals surface area (Å²) < 4.78 is 24.0. The Morgan fingerprint density at radius 3 is 2.67 bits per heavy atom. The first-order chi connectivity index (χ1) is 10.0. The highest BCUT2D eigenvalue weighted by Gasteiger charge is 2.16. The van der Waals surface area contributed by atoms with Crippen molar-refractivity contribution >= 4 is 15.9 Å². The molecule has 1 aromatic heterocycles. The lowest BCUT2D eigenvalue weighted by Gasteiger charge is -2.08. The summed E-state index contributed by atoms with van der Waals surface area (Å²) in [6.45, 7) is 0. The maximum atomic E-state index is 12.0. The summed E-state index contributed by atoms with van der Waals surface area (Å²) in [6.07, 6.45) is 1.42. The fourth-order valence-electron chi connectivity index (χ4n) is 1.47. The Kier molecular flexibility index (Phi) is 4.27. The van der Waals surface area contributed by atoms with Gasteiger partial charge in [-0.25, -0.2) is 8.42 Å². The number of amides is 1. The topological polar surface area (TPSA) is 112 Å². The number of nitrogens with zero attached hydrogens (tertiary/aromatic N) is 2. The van der Waals surface area contributed by atoms with Crippen molar-refractivity contribution in [2.24, 2.45) is 0 Å². The molecule has 0 saturated heterocycles. The minimum atomic E-state index is -3.96. The van der Waals surface area contributed by atoms with Crippen LogP contribution in [0, 0.1) is 11.3 Å². The van der Waals surface area contributed by atoms with Gasteiger partial charge in [-0.05, 0) is 30.3 Å². The van der Waals surface area contributed by atoms with Gasteiger partial charge in [0.15, 0.2) is 0 Å². The molecular formula is C13H10N4O3S. The van der Waals surface area contributed by atoms with Gasteiger partial charge in [0.2, 0.25) is 0 Å². The van der Waals surface area contributed by atoms with E-state index in [0.29, 0.717) is 0 Å². The smallest absolute Gasteiger partial charge is 0.272 e. The number of nitrogens with one attached hydrogen (secondary N) is 2. The number of hydrazine groups is 1. The van der Waals surface area contributed by atoms with Crippen LogP contribution in [0.4, 0.5) is 0 Å². The van der Waals surface area contributed by atoms with Crippen LogP contribution < -0.4 is 10.3 Å². The standard InChI is InChI=1S/C13H10N4O3S/c14-9-10-4-3-5-11(8-10)21(19,20)17-16-13(18)12-6-1-2-7-15-12/h1-8,17H,(H,16,18). The highest BCUT2D eigenvalue weighted by Crippen LogP contribution is 2.10. The van der Waals surface area contributed by atoms with Crippen LogP contribution >= 0.6 is 0 Å². The van der Waals surface area contributed by atoms with E-state index in [-0.39, 0.29) is 16.2 Å². The number of hydrogen-bond donors (Lipinski definition) is 2. The average Bonchev–Trinajstić information content (AvgIpc) is 2.53. The van der Waals surface area contributed by atoms with E-state index in [2.05, 4.69) is 10.4 Å². The molecule has 0 bridgehead atoms. The molecule has 2 N–H and O–H groups in total. The fraction of sp³-hybridized carbons (Fsp3) is 0. The van der Waals surface area contributed by atoms with Gasteiger partial charge >= 0.3 is 0 Å². The monoisotopic (exact) mass is 302 g/mol. The van der Waals surface area contributed by atoms with Crippen molar-refractivity contribution in [1.82, 2.24) is 15.2 Å². The number of pyridine rings is 1. The van der Waals surface area contributed by atoms with Gasteiger partial charge in [0, 0.05) is 6.20 Å². The molecule has 2 aromatic rings. The molecule has 0 spiro atoms. The molecule has 0 radical (unpaired) electrons. The minimum absolute atomic E-state index is 0.0750. The van der Waals surface area contributed by atoms with Crippen LogP contribution in [0.5, 0.6) is 0 Å². The Labute approximate surface area is 121 Å². The summed E-state index contributed by atoms with van der Waals surface area (Å²) >= 11 is 0. The first-order valence-electron chi connectivity index (χ1n) is 5.76. The van der Waals surface area contributed by atoms with Gasteiger partial charge in [-0.15, -0.1) is 4.83 Å². The molecular weight excluding hydrogens is 292 g/mol. The average molecular weight is 302 g/mol. The Morgan fingerprint density at radius 1 is 1.19 bits per heavy atom. The van der Waals surface area contributed by atoms with Crippen LogP contribution in [-0.4, -0.2) is 19.3 Å². The molecule has 0 unspecified atom stereocenters. The number of carbonyl (C=O) groups is 1. The molecule has 1 heterocycles. The summed E-state index contributed by atoms with van der Waals surface area (Å²) in [7, 11) is -3.96. The van der Waals surface area contributed by atoms with Crippen LogP contribution in [0.3, 0.4) is 0 Å². The normalized spacial score (nSPS) is 10.6. The molecule has 1 amide bonds. The van der Waals surface area contributed by atoms with Gasteiger partial charge in [0.1, 0.15) is 5.69 Å². The molecule has 0 aliphatic rings. The van der Waals surface area contributed by atoms with E-state index < -0.39 is 15.9 Å². The van der Waals surface area contributed by atoms with Crippen LogP contribution in [0.2, 0.25) is 0 Å². The van der Waals surface area contributed by atoms with Crippen LogP contribution in [0.15, 0.2) is 53.6 Å². The molecule has 106 valence electrons. The predicted octanol–water partition coefficient (Wildman–Crippen LogP) is 0.577. The third-order valence-electron chi connectivity index (χ3n) is 2.47. The molecule has 0 atom stereocenters. The molecule has 2 rings (SSSR count). The van der Waals surface area contributed by atoms with Crippen molar-refractivity contribution in [2.75, 3.05) is 0 Å². The molecule has 0 saturated carbocycles. The van der Waals surface area contributed by atoms with Gasteiger partial charge in [-0.2, -0.15) is 5.26 Å². The van der Waals surface area contributed by atoms with Gasteiger partial charge < -0.3 is 0 Å². The quantitative estimate of drug-likeness (QED) is 0.802. The Morgan fingerprint density at radius 2 is 2.00 bits per heavy atom. The number of hydrogen-bond acceptors (Lipinski definition) is 5. The van der Waals surface area contributed by atoms with Crippen molar-refractivity contribution in [3.8, 4) is 6.07 Å². The van der Waals surface area contributed by atoms with E-state index in [9.17, 15) is 13.2 Å². The first kappa shape index (κ1) is 14.6. The maximum Gasteiger partial charge on any atom is 0.284 e. The van der Waals surface area contributed by atoms with Crippen LogP contribution in [-0.2, 0) is 10.0 Å². The lowest BCUT2D eigenvalue weighted by atomic mass is 10.2. The lowest BCUT2D eigenvalue weighted by Crippen LogP contribution is -2.41. The van der Waals surface area contributed by atoms with E-state index in [4.69, 9.17) is 5.26 Å². The Hall–Kier alpha value is -2.76. The van der Waals surface area contributed by atoms with E-state index in [1.807, 2.05) is 10.9 Å². The highest BCUT2D eigenvalue weighted by atomic mass is 32.2. The number of benzene rings is 1.